The lowest BCUT2D eigenvalue weighted by Crippen LogP contribution is -2.59. The summed E-state index contributed by atoms with van der Waals surface area (Å²) in [6, 6.07) is 6.91. The first-order valence-corrected chi connectivity index (χ1v) is 19.4. The lowest BCUT2D eigenvalue weighted by Gasteiger charge is -2.37. The summed E-state index contributed by atoms with van der Waals surface area (Å²) in [5.74, 6) is -1.47. The summed E-state index contributed by atoms with van der Waals surface area (Å²) >= 11 is 0. The number of anilines is 3. The maximum Gasteiger partial charge on any atom is 0.434 e. The molecule has 5 aliphatic rings. The van der Waals surface area contributed by atoms with Crippen molar-refractivity contribution in [2.24, 2.45) is 17.8 Å². The molecule has 2 bridgehead atoms. The zero-order chi connectivity index (χ0) is 39.6. The van der Waals surface area contributed by atoms with E-state index in [2.05, 4.69) is 37.1 Å². The maximum atomic E-state index is 14.9. The highest BCUT2D eigenvalue weighted by molar-refractivity contribution is 6.13. The van der Waals surface area contributed by atoms with E-state index in [0.717, 1.165) is 30.4 Å². The van der Waals surface area contributed by atoms with Crippen LogP contribution in [0.4, 0.5) is 30.8 Å². The minimum atomic E-state index is -5.10. The summed E-state index contributed by atoms with van der Waals surface area (Å²) in [5.41, 5.74) is -4.94. The Balaban J connectivity index is 1.08. The summed E-state index contributed by atoms with van der Waals surface area (Å²) < 4.78 is 56.9. The molecule has 3 fully saturated rings. The molecule has 3 aromatic rings. The zero-order valence-corrected chi connectivity index (χ0v) is 31.9. The van der Waals surface area contributed by atoms with Gasteiger partial charge in [0, 0.05) is 44.5 Å². The minimum absolute atomic E-state index is 0.102. The molecule has 2 saturated carbocycles. The van der Waals surface area contributed by atoms with E-state index in [1.165, 1.54) is 0 Å². The summed E-state index contributed by atoms with van der Waals surface area (Å²) in [6.07, 6.45) is 7.54. The number of halogens is 3. The number of hydrogen-bond acceptors (Lipinski definition) is 10. The Morgan fingerprint density at radius 1 is 1.00 bits per heavy atom. The van der Waals surface area contributed by atoms with E-state index in [0.29, 0.717) is 61.7 Å². The van der Waals surface area contributed by atoms with Crippen molar-refractivity contribution in [2.75, 3.05) is 22.9 Å². The predicted octanol–water partition coefficient (Wildman–Crippen LogP) is 6.87. The molecule has 12 nitrogen and oxygen atoms in total. The molecule has 1 saturated heterocycles. The van der Waals surface area contributed by atoms with Gasteiger partial charge < -0.3 is 19.7 Å². The number of fused-ring (bicyclic) bond motifs is 4. The van der Waals surface area contributed by atoms with Crippen LogP contribution in [0.25, 0.3) is 0 Å². The molecule has 2 aromatic heterocycles. The van der Waals surface area contributed by atoms with Crippen molar-refractivity contribution in [3.8, 4) is 5.75 Å². The van der Waals surface area contributed by atoms with Gasteiger partial charge in [0.25, 0.3) is 5.91 Å². The fourth-order valence-corrected chi connectivity index (χ4v) is 9.56. The molecule has 2 aliphatic heterocycles. The Morgan fingerprint density at radius 2 is 1.75 bits per heavy atom. The SMILES string of the molecule is CC1CC2CC(C1)C(NC(=O)c1cnc(N3C(=O)C4(C=CCC4)c4cc(OC5CCN(c6ncccn6)CC5)ccc43)nc1C(F)(F)F)(C(=O)OC(C)(C)C)C2. The highest BCUT2D eigenvalue weighted by Crippen LogP contribution is 2.53. The minimum Gasteiger partial charge on any atom is -0.490 e. The van der Waals surface area contributed by atoms with Crippen LogP contribution in [0.2, 0.25) is 0 Å². The van der Waals surface area contributed by atoms with Crippen molar-refractivity contribution in [1.29, 1.82) is 0 Å². The van der Waals surface area contributed by atoms with Gasteiger partial charge in [0.05, 0.1) is 16.7 Å². The van der Waals surface area contributed by atoms with E-state index in [1.54, 1.807) is 63.5 Å². The van der Waals surface area contributed by atoms with E-state index in [-0.39, 0.29) is 30.3 Å². The third kappa shape index (κ3) is 6.76. The summed E-state index contributed by atoms with van der Waals surface area (Å²) in [7, 11) is 0. The number of nitrogens with zero attached hydrogens (tertiary/aromatic N) is 6. The molecule has 15 heteroatoms. The number of nitrogens with one attached hydrogen (secondary N) is 1. The Morgan fingerprint density at radius 3 is 2.43 bits per heavy atom. The second kappa shape index (κ2) is 13.8. The molecule has 1 N–H and O–H groups in total. The molecule has 56 heavy (non-hydrogen) atoms. The molecule has 5 atom stereocenters. The number of aromatic nitrogens is 4. The molecule has 3 aliphatic carbocycles. The second-order valence-electron chi connectivity index (χ2n) is 17.0. The number of alkyl halides is 3. The molecule has 296 valence electrons. The average molecular weight is 774 g/mol. The summed E-state index contributed by atoms with van der Waals surface area (Å²) in [4.78, 5) is 62.2. The molecule has 1 aromatic carbocycles. The van der Waals surface area contributed by atoms with Crippen LogP contribution in [-0.4, -0.2) is 68.1 Å². The van der Waals surface area contributed by atoms with Crippen molar-refractivity contribution in [1.82, 2.24) is 25.3 Å². The van der Waals surface area contributed by atoms with Gasteiger partial charge in [-0.3, -0.25) is 9.59 Å². The second-order valence-corrected chi connectivity index (χ2v) is 17.0. The molecule has 2 amide bonds. The van der Waals surface area contributed by atoms with Gasteiger partial charge >= 0.3 is 12.1 Å². The number of ether oxygens (including phenoxy) is 2. The zero-order valence-electron chi connectivity index (χ0n) is 31.9. The number of carbonyl (C=O) groups excluding carboxylic acids is 3. The Bertz CT molecular complexity index is 2070. The van der Waals surface area contributed by atoms with Crippen molar-refractivity contribution in [3.05, 3.63) is 71.8 Å². The highest BCUT2D eigenvalue weighted by Gasteiger charge is 2.58. The number of esters is 1. The lowest BCUT2D eigenvalue weighted by atomic mass is 9.78. The number of benzene rings is 1. The van der Waals surface area contributed by atoms with Gasteiger partial charge in [-0.1, -0.05) is 19.1 Å². The van der Waals surface area contributed by atoms with Crippen molar-refractivity contribution in [3.63, 3.8) is 0 Å². The number of amides is 2. The summed E-state index contributed by atoms with van der Waals surface area (Å²) in [5, 5.41) is 2.73. The van der Waals surface area contributed by atoms with Gasteiger partial charge in [0.1, 0.15) is 23.0 Å². The van der Waals surface area contributed by atoms with E-state index in [1.807, 2.05) is 6.08 Å². The van der Waals surface area contributed by atoms with Crippen LogP contribution in [0.1, 0.15) is 101 Å². The first kappa shape index (κ1) is 37.8. The Hall–Kier alpha value is -5.08. The van der Waals surface area contributed by atoms with E-state index < -0.39 is 57.7 Å². The number of hydrogen-bond donors (Lipinski definition) is 1. The quantitative estimate of drug-likeness (QED) is 0.200. The average Bonchev–Trinajstić information content (AvgIpc) is 3.81. The van der Waals surface area contributed by atoms with E-state index in [4.69, 9.17) is 9.47 Å². The monoisotopic (exact) mass is 773 g/mol. The predicted molar refractivity (Wildman–Crippen MR) is 199 cm³/mol. The van der Waals surface area contributed by atoms with Crippen molar-refractivity contribution < 1.29 is 37.0 Å². The number of allylic oxidation sites excluding steroid dienone is 1. The standard InChI is InChI=1S/C41H46F3N7O5/c1-24-18-25-20-26(19-24)40(22-25,35(54)56-38(2,3)4)49-33(52)29-23-47-37(48-32(29)41(42,43)44)51-31-9-8-28(21-30(31)39(34(51)53)12-5-6-13-39)55-27-10-16-50(17-11-27)36-45-14-7-15-46-36/h5,7-9,12,14-15,21,23-27H,6,10-11,13,16-20,22H2,1-4H3,(H,49,52). The smallest absolute Gasteiger partial charge is 0.434 e. The van der Waals surface area contributed by atoms with Gasteiger partial charge in [0.15, 0.2) is 5.69 Å². The first-order valence-electron chi connectivity index (χ1n) is 19.4. The van der Waals surface area contributed by atoms with Crippen LogP contribution in [0.3, 0.4) is 0 Å². The first-order chi connectivity index (χ1) is 26.6. The topological polar surface area (TPSA) is 140 Å². The van der Waals surface area contributed by atoms with Gasteiger partial charge in [0.2, 0.25) is 17.8 Å². The van der Waals surface area contributed by atoms with Crippen molar-refractivity contribution in [2.45, 2.75) is 108 Å². The third-order valence-corrected chi connectivity index (χ3v) is 11.9. The number of rotatable bonds is 7. The molecule has 8 rings (SSSR count). The molecule has 5 unspecified atom stereocenters. The van der Waals surface area contributed by atoms with Gasteiger partial charge in [-0.15, -0.1) is 0 Å². The van der Waals surface area contributed by atoms with Crippen LogP contribution >= 0.6 is 0 Å². The largest absolute Gasteiger partial charge is 0.490 e. The fourth-order valence-electron chi connectivity index (χ4n) is 9.56. The normalized spacial score (nSPS) is 27.5. The number of piperidine rings is 1. The lowest BCUT2D eigenvalue weighted by molar-refractivity contribution is -0.164. The molecular weight excluding hydrogens is 727 g/mol. The van der Waals surface area contributed by atoms with Crippen molar-refractivity contribution >= 4 is 35.4 Å². The summed E-state index contributed by atoms with van der Waals surface area (Å²) in [6.45, 7) is 8.61. The fraction of sp³-hybridized carbons (Fsp3) is 0.537. The Labute approximate surface area is 323 Å². The maximum absolute atomic E-state index is 14.9. The van der Waals surface area contributed by atoms with Crippen LogP contribution < -0.4 is 19.9 Å². The third-order valence-electron chi connectivity index (χ3n) is 11.9. The van der Waals surface area contributed by atoms with Gasteiger partial charge in [-0.05, 0) is 107 Å². The van der Waals surface area contributed by atoms with E-state index in [9.17, 15) is 27.6 Å². The number of carbonyl (C=O) groups is 3. The van der Waals surface area contributed by atoms with Crippen LogP contribution in [-0.2, 0) is 25.9 Å². The van der Waals surface area contributed by atoms with Gasteiger partial charge in [-0.2, -0.15) is 13.2 Å². The molecule has 1 spiro atoms. The Kier molecular flexibility index (Phi) is 9.35. The van der Waals surface area contributed by atoms with Crippen LogP contribution in [0, 0.1) is 17.8 Å². The molecular formula is C41H46F3N7O5. The van der Waals surface area contributed by atoms with Crippen LogP contribution in [0.15, 0.2) is 55.0 Å². The van der Waals surface area contributed by atoms with E-state index >= 15 is 0 Å². The van der Waals surface area contributed by atoms with Gasteiger partial charge in [-0.25, -0.2) is 29.6 Å². The van der Waals surface area contributed by atoms with Crippen LogP contribution in [0.5, 0.6) is 5.75 Å². The molecule has 4 heterocycles. The highest BCUT2D eigenvalue weighted by atomic mass is 19.4. The molecule has 0 radical (unpaired) electrons.